The number of anilines is 1. The molecule has 3 N–H and O–H groups in total. The molecule has 0 atom stereocenters. The number of nitrogens with two attached hydrogens (primary N) is 1. The lowest BCUT2D eigenvalue weighted by Crippen LogP contribution is -2.17. The zero-order chi connectivity index (χ0) is 22.2. The third-order valence-corrected chi connectivity index (χ3v) is 6.71. The van der Waals surface area contributed by atoms with E-state index in [1.165, 1.54) is 11.3 Å². The first-order valence-corrected chi connectivity index (χ1v) is 11.5. The zero-order valence-electron chi connectivity index (χ0n) is 16.9. The zero-order valence-corrected chi connectivity index (χ0v) is 18.5. The molecule has 0 unspecified atom stereocenters. The second kappa shape index (κ2) is 8.03. The van der Waals surface area contributed by atoms with E-state index in [1.807, 2.05) is 54.8 Å². The number of amides is 2. The minimum absolute atomic E-state index is 0.281. The van der Waals surface area contributed by atoms with Crippen LogP contribution in [0.25, 0.3) is 27.3 Å². The fourth-order valence-corrected chi connectivity index (χ4v) is 5.01. The van der Waals surface area contributed by atoms with Crippen LogP contribution in [0, 0.1) is 6.92 Å². The van der Waals surface area contributed by atoms with Gasteiger partial charge in [0.05, 0.1) is 38.5 Å². The number of hydrogen-bond donors (Lipinski definition) is 2. The van der Waals surface area contributed by atoms with E-state index in [0.717, 1.165) is 10.6 Å². The second-order valence-electron chi connectivity index (χ2n) is 7.05. The molecule has 0 fully saturated rings. The van der Waals surface area contributed by atoms with E-state index in [1.54, 1.807) is 33.5 Å². The average molecular weight is 460 g/mol. The van der Waals surface area contributed by atoms with Crippen molar-refractivity contribution in [2.45, 2.75) is 6.92 Å². The Labute approximate surface area is 191 Å². The molecular weight excluding hydrogens is 442 g/mol. The largest absolute Gasteiger partial charge is 0.366 e. The molecule has 5 aromatic rings. The lowest BCUT2D eigenvalue weighted by molar-refractivity contribution is 0.100. The lowest BCUT2D eigenvalue weighted by Gasteiger charge is -2.09. The lowest BCUT2D eigenvalue weighted by atomic mass is 10.1. The van der Waals surface area contributed by atoms with Gasteiger partial charge in [-0.05, 0) is 48.0 Å². The number of rotatable bonds is 5. The molecule has 0 spiro atoms. The van der Waals surface area contributed by atoms with E-state index < -0.39 is 5.91 Å². The molecule has 5 rings (SSSR count). The summed E-state index contributed by atoms with van der Waals surface area (Å²) in [5, 5.41) is 12.3. The Hall–Kier alpha value is -3.82. The van der Waals surface area contributed by atoms with E-state index in [-0.39, 0.29) is 11.5 Å². The van der Waals surface area contributed by atoms with Gasteiger partial charge in [0, 0.05) is 0 Å². The highest BCUT2D eigenvalue weighted by Crippen LogP contribution is 2.32. The molecule has 0 aliphatic carbocycles. The molecule has 4 heterocycles. The summed E-state index contributed by atoms with van der Waals surface area (Å²) in [4.78, 5) is 30.9. The molecule has 2 amide bonds. The number of carbonyl (C=O) groups is 2. The van der Waals surface area contributed by atoms with Crippen LogP contribution in [-0.2, 0) is 0 Å². The number of pyridine rings is 1. The molecule has 158 valence electrons. The van der Waals surface area contributed by atoms with Crippen molar-refractivity contribution in [3.05, 3.63) is 82.2 Å². The van der Waals surface area contributed by atoms with Crippen molar-refractivity contribution in [3.63, 3.8) is 0 Å². The Morgan fingerprint density at radius 2 is 1.81 bits per heavy atom. The molecule has 0 aliphatic rings. The smallest absolute Gasteiger partial charge is 0.257 e. The van der Waals surface area contributed by atoms with E-state index in [9.17, 15) is 9.59 Å². The number of benzene rings is 1. The molecule has 0 saturated heterocycles. The SMILES string of the molecule is Cc1nn(-c2ccccc2)c2nc(-c3cccs3)cc(C(=O)Nc3sccc3C(N)=O)c12. The highest BCUT2D eigenvalue weighted by molar-refractivity contribution is 7.14. The van der Waals surface area contributed by atoms with Gasteiger partial charge in [-0.25, -0.2) is 9.67 Å². The Morgan fingerprint density at radius 3 is 2.53 bits per heavy atom. The highest BCUT2D eigenvalue weighted by Gasteiger charge is 2.22. The summed E-state index contributed by atoms with van der Waals surface area (Å²) in [6.07, 6.45) is 0. The van der Waals surface area contributed by atoms with Crippen molar-refractivity contribution in [3.8, 4) is 16.3 Å². The van der Waals surface area contributed by atoms with Gasteiger partial charge in [0.15, 0.2) is 5.65 Å². The maximum absolute atomic E-state index is 13.4. The predicted molar refractivity (Wildman–Crippen MR) is 128 cm³/mol. The van der Waals surface area contributed by atoms with E-state index >= 15 is 0 Å². The molecule has 0 aliphatic heterocycles. The maximum Gasteiger partial charge on any atom is 0.257 e. The van der Waals surface area contributed by atoms with Gasteiger partial charge in [-0.1, -0.05) is 24.3 Å². The summed E-state index contributed by atoms with van der Waals surface area (Å²) in [7, 11) is 0. The first-order chi connectivity index (χ1) is 15.5. The van der Waals surface area contributed by atoms with Gasteiger partial charge >= 0.3 is 0 Å². The van der Waals surface area contributed by atoms with Gasteiger partial charge < -0.3 is 11.1 Å². The standard InChI is InChI=1S/C23H17N5O2S2/c1-13-19-16(22(30)26-23-15(20(24)29)9-11-32-23)12-17(18-8-5-10-31-18)25-21(19)28(27-13)14-6-3-2-4-7-14/h2-12H,1H3,(H2,24,29)(H,26,30). The van der Waals surface area contributed by atoms with Crippen molar-refractivity contribution >= 4 is 50.5 Å². The van der Waals surface area contributed by atoms with Gasteiger partial charge in [0.2, 0.25) is 0 Å². The van der Waals surface area contributed by atoms with Gasteiger partial charge in [-0.2, -0.15) is 5.10 Å². The number of thiophene rings is 2. The van der Waals surface area contributed by atoms with Crippen molar-refractivity contribution < 1.29 is 9.59 Å². The van der Waals surface area contributed by atoms with E-state index in [4.69, 9.17) is 10.7 Å². The van der Waals surface area contributed by atoms with E-state index in [2.05, 4.69) is 10.4 Å². The molecule has 0 radical (unpaired) electrons. The number of primary amides is 1. The summed E-state index contributed by atoms with van der Waals surface area (Å²) in [6.45, 7) is 1.85. The van der Waals surface area contributed by atoms with E-state index in [0.29, 0.717) is 33.0 Å². The van der Waals surface area contributed by atoms with Crippen molar-refractivity contribution in [2.24, 2.45) is 5.73 Å². The van der Waals surface area contributed by atoms with Crippen LogP contribution in [-0.4, -0.2) is 26.6 Å². The minimum atomic E-state index is -0.589. The second-order valence-corrected chi connectivity index (χ2v) is 8.91. The van der Waals surface area contributed by atoms with Crippen LogP contribution >= 0.6 is 22.7 Å². The molecule has 9 heteroatoms. The van der Waals surface area contributed by atoms with Gasteiger partial charge in [0.1, 0.15) is 5.00 Å². The predicted octanol–water partition coefficient (Wildman–Crippen LogP) is 4.87. The van der Waals surface area contributed by atoms with Gasteiger partial charge in [0.25, 0.3) is 11.8 Å². The summed E-state index contributed by atoms with van der Waals surface area (Å²) in [5.41, 5.74) is 8.95. The van der Waals surface area contributed by atoms with Crippen molar-refractivity contribution in [1.29, 1.82) is 0 Å². The van der Waals surface area contributed by atoms with Crippen molar-refractivity contribution in [2.75, 3.05) is 5.32 Å². The monoisotopic (exact) mass is 459 g/mol. The maximum atomic E-state index is 13.4. The third-order valence-electron chi connectivity index (χ3n) is 4.99. The topological polar surface area (TPSA) is 103 Å². The molecule has 1 aromatic carbocycles. The quantitative estimate of drug-likeness (QED) is 0.391. The molecule has 4 aromatic heterocycles. The Balaban J connectivity index is 1.71. The summed E-state index contributed by atoms with van der Waals surface area (Å²) in [6, 6.07) is 16.9. The summed E-state index contributed by atoms with van der Waals surface area (Å²) >= 11 is 2.79. The van der Waals surface area contributed by atoms with Crippen LogP contribution in [0.1, 0.15) is 26.4 Å². The number of para-hydroxylation sites is 1. The Kier molecular flexibility index (Phi) is 5.04. The first-order valence-electron chi connectivity index (χ1n) is 9.71. The Morgan fingerprint density at radius 1 is 1.00 bits per heavy atom. The fraction of sp³-hybridized carbons (Fsp3) is 0.0435. The number of nitrogens with one attached hydrogen (secondary N) is 1. The molecule has 32 heavy (non-hydrogen) atoms. The third kappa shape index (κ3) is 3.47. The minimum Gasteiger partial charge on any atom is -0.366 e. The highest BCUT2D eigenvalue weighted by atomic mass is 32.1. The van der Waals surface area contributed by atoms with Crippen LogP contribution in [0.4, 0.5) is 5.00 Å². The summed E-state index contributed by atoms with van der Waals surface area (Å²) < 4.78 is 1.75. The number of aromatic nitrogens is 3. The number of hydrogen-bond acceptors (Lipinski definition) is 6. The van der Waals surface area contributed by atoms with Gasteiger partial charge in [-0.15, -0.1) is 22.7 Å². The fourth-order valence-electron chi connectivity index (χ4n) is 3.54. The molecule has 0 bridgehead atoms. The molecule has 7 nitrogen and oxygen atoms in total. The Bertz CT molecular complexity index is 1450. The van der Waals surface area contributed by atoms with Crippen LogP contribution in [0.5, 0.6) is 0 Å². The van der Waals surface area contributed by atoms with Crippen LogP contribution in [0.2, 0.25) is 0 Å². The molecule has 0 saturated carbocycles. The van der Waals surface area contributed by atoms with Crippen LogP contribution in [0.3, 0.4) is 0 Å². The summed E-state index contributed by atoms with van der Waals surface area (Å²) in [5.74, 6) is -0.940. The molecular formula is C23H17N5O2S2. The number of aryl methyl sites for hydroxylation is 1. The number of fused-ring (bicyclic) bond motifs is 1. The first kappa shape index (κ1) is 20.1. The average Bonchev–Trinajstić information content (AvgIpc) is 3.54. The van der Waals surface area contributed by atoms with Crippen LogP contribution in [0.15, 0.2) is 65.4 Å². The van der Waals surface area contributed by atoms with Gasteiger partial charge in [-0.3, -0.25) is 9.59 Å². The number of carbonyl (C=O) groups excluding carboxylic acids is 2. The van der Waals surface area contributed by atoms with Crippen molar-refractivity contribution in [1.82, 2.24) is 14.8 Å². The normalized spacial score (nSPS) is 11.0. The number of nitrogens with zero attached hydrogens (tertiary/aromatic N) is 3. The van der Waals surface area contributed by atoms with Crippen LogP contribution < -0.4 is 11.1 Å².